The van der Waals surface area contributed by atoms with E-state index in [1.54, 1.807) is 12.1 Å². The van der Waals surface area contributed by atoms with Crippen LogP contribution in [-0.4, -0.2) is 4.57 Å². The van der Waals surface area contributed by atoms with E-state index >= 15 is 0 Å². The number of imidazole rings is 1. The minimum absolute atomic E-state index is 0. The maximum atomic E-state index is 14.5. The predicted molar refractivity (Wildman–Crippen MR) is 148 cm³/mol. The van der Waals surface area contributed by atoms with Crippen molar-refractivity contribution in [2.45, 2.75) is 117 Å². The lowest BCUT2D eigenvalue weighted by Crippen LogP contribution is -3.00. The summed E-state index contributed by atoms with van der Waals surface area (Å²) in [6.07, 6.45) is 19.2. The SMILES string of the molecule is CCCCCCCCCCCCCCCCn1c(C)[n+](Cc2c(F)cccc2Cl)c2ccccc21.[Br-]. The van der Waals surface area contributed by atoms with Crippen LogP contribution < -0.4 is 21.5 Å². The van der Waals surface area contributed by atoms with Crippen molar-refractivity contribution in [3.63, 3.8) is 0 Å². The van der Waals surface area contributed by atoms with Crippen LogP contribution in [0.15, 0.2) is 42.5 Å². The number of aromatic nitrogens is 2. The molecule has 5 heteroatoms. The van der Waals surface area contributed by atoms with Gasteiger partial charge in [-0.1, -0.05) is 114 Å². The standard InChI is InChI=1S/C31H45ClFN2.BrH/c1-3-4-5-6-7-8-9-10-11-12-13-14-15-18-24-34-26(2)35(31-23-17-16-22-30(31)34)25-27-28(32)20-19-21-29(27)33;/h16-17,19-23H,3-15,18,24-25H2,1-2H3;1H/q+1;/p-1. The van der Waals surface area contributed by atoms with Crippen molar-refractivity contribution in [3.8, 4) is 0 Å². The fourth-order valence-electron chi connectivity index (χ4n) is 5.20. The molecule has 0 atom stereocenters. The zero-order valence-corrected chi connectivity index (χ0v) is 24.7. The van der Waals surface area contributed by atoms with Crippen LogP contribution in [0.2, 0.25) is 5.02 Å². The van der Waals surface area contributed by atoms with Gasteiger partial charge in [0.25, 0.3) is 5.82 Å². The summed E-state index contributed by atoms with van der Waals surface area (Å²) in [5.74, 6) is 0.911. The molecule has 0 aliphatic rings. The van der Waals surface area contributed by atoms with Crippen LogP contribution in [0.5, 0.6) is 0 Å². The van der Waals surface area contributed by atoms with Gasteiger partial charge in [0, 0.05) is 12.5 Å². The Bertz CT molecular complexity index is 1010. The first-order chi connectivity index (χ1) is 17.1. The molecule has 0 amide bonds. The summed E-state index contributed by atoms with van der Waals surface area (Å²) in [4.78, 5) is 0. The van der Waals surface area contributed by atoms with E-state index in [1.165, 1.54) is 101 Å². The topological polar surface area (TPSA) is 8.81 Å². The Morgan fingerprint density at radius 2 is 1.31 bits per heavy atom. The Kier molecular flexibility index (Phi) is 14.7. The van der Waals surface area contributed by atoms with Crippen LogP contribution in [0, 0.1) is 12.7 Å². The van der Waals surface area contributed by atoms with Gasteiger partial charge < -0.3 is 17.0 Å². The van der Waals surface area contributed by atoms with E-state index in [0.717, 1.165) is 17.9 Å². The highest BCUT2D eigenvalue weighted by Gasteiger charge is 2.23. The van der Waals surface area contributed by atoms with Gasteiger partial charge in [-0.15, -0.1) is 0 Å². The maximum Gasteiger partial charge on any atom is 0.254 e. The number of para-hydroxylation sites is 2. The first-order valence-electron chi connectivity index (χ1n) is 14.0. The van der Waals surface area contributed by atoms with Crippen molar-refractivity contribution in [1.82, 2.24) is 4.57 Å². The molecular weight excluding hydrogens is 535 g/mol. The maximum absolute atomic E-state index is 14.5. The Balaban J connectivity index is 0.00000456. The fraction of sp³-hybridized carbons (Fsp3) is 0.581. The fourth-order valence-corrected chi connectivity index (χ4v) is 5.43. The number of benzene rings is 2. The first-order valence-corrected chi connectivity index (χ1v) is 14.4. The molecular formula is C31H45BrClFN2. The second kappa shape index (κ2) is 17.2. The molecule has 0 saturated heterocycles. The first kappa shape index (κ1) is 30.8. The van der Waals surface area contributed by atoms with Crippen LogP contribution >= 0.6 is 11.6 Å². The third-order valence-electron chi connectivity index (χ3n) is 7.36. The smallest absolute Gasteiger partial charge is 0.254 e. The van der Waals surface area contributed by atoms with Crippen molar-refractivity contribution in [3.05, 3.63) is 64.7 Å². The minimum atomic E-state index is -0.242. The largest absolute Gasteiger partial charge is 1.00 e. The lowest BCUT2D eigenvalue weighted by molar-refractivity contribution is -0.669. The van der Waals surface area contributed by atoms with Crippen molar-refractivity contribution in [1.29, 1.82) is 0 Å². The van der Waals surface area contributed by atoms with Gasteiger partial charge in [-0.25, -0.2) is 13.5 Å². The Labute approximate surface area is 234 Å². The lowest BCUT2D eigenvalue weighted by atomic mass is 10.0. The highest BCUT2D eigenvalue weighted by molar-refractivity contribution is 6.31. The molecule has 0 aliphatic carbocycles. The van der Waals surface area contributed by atoms with Gasteiger partial charge in [0.1, 0.15) is 12.4 Å². The number of unbranched alkanes of at least 4 members (excludes halogenated alkanes) is 13. The number of halogens is 3. The molecule has 200 valence electrons. The van der Waals surface area contributed by atoms with Gasteiger partial charge in [0.15, 0.2) is 11.0 Å². The Morgan fingerprint density at radius 1 is 0.750 bits per heavy atom. The number of hydrogen-bond acceptors (Lipinski definition) is 0. The molecule has 2 nitrogen and oxygen atoms in total. The van der Waals surface area contributed by atoms with Crippen molar-refractivity contribution in [2.24, 2.45) is 0 Å². The molecule has 3 aromatic rings. The van der Waals surface area contributed by atoms with E-state index in [9.17, 15) is 4.39 Å². The second-order valence-electron chi connectivity index (χ2n) is 10.1. The molecule has 0 N–H and O–H groups in total. The molecule has 0 bridgehead atoms. The summed E-state index contributed by atoms with van der Waals surface area (Å²) < 4.78 is 19.1. The number of rotatable bonds is 17. The molecule has 2 aromatic carbocycles. The highest BCUT2D eigenvalue weighted by Crippen LogP contribution is 2.22. The van der Waals surface area contributed by atoms with Gasteiger partial charge in [-0.3, -0.25) is 0 Å². The summed E-state index contributed by atoms with van der Waals surface area (Å²) in [6.45, 7) is 5.87. The molecule has 1 aromatic heterocycles. The van der Waals surface area contributed by atoms with Crippen molar-refractivity contribution < 1.29 is 25.9 Å². The van der Waals surface area contributed by atoms with E-state index in [1.807, 2.05) is 0 Å². The van der Waals surface area contributed by atoms with Gasteiger partial charge in [0.05, 0.1) is 11.6 Å². The van der Waals surface area contributed by atoms with Gasteiger partial charge in [0.2, 0.25) is 0 Å². The molecule has 3 rings (SSSR count). The van der Waals surface area contributed by atoms with Crippen LogP contribution in [0.3, 0.4) is 0 Å². The monoisotopic (exact) mass is 578 g/mol. The number of aryl methyl sites for hydroxylation is 1. The van der Waals surface area contributed by atoms with E-state index < -0.39 is 0 Å². The molecule has 1 heterocycles. The molecule has 0 radical (unpaired) electrons. The van der Waals surface area contributed by atoms with Gasteiger partial charge in [-0.2, -0.15) is 0 Å². The second-order valence-corrected chi connectivity index (χ2v) is 10.5. The van der Waals surface area contributed by atoms with E-state index in [4.69, 9.17) is 11.6 Å². The quantitative estimate of drug-likeness (QED) is 0.126. The molecule has 0 aliphatic heterocycles. The number of hydrogen-bond donors (Lipinski definition) is 0. The number of fused-ring (bicyclic) bond motifs is 1. The third-order valence-corrected chi connectivity index (χ3v) is 7.71. The molecule has 0 spiro atoms. The summed E-state index contributed by atoms with van der Waals surface area (Å²) in [5, 5.41) is 0.487. The average Bonchev–Trinajstić information content (AvgIpc) is 3.12. The Morgan fingerprint density at radius 3 is 1.89 bits per heavy atom. The summed E-state index contributed by atoms with van der Waals surface area (Å²) in [5.41, 5.74) is 2.91. The lowest BCUT2D eigenvalue weighted by Gasteiger charge is -2.06. The van der Waals surface area contributed by atoms with E-state index in [-0.39, 0.29) is 22.8 Å². The van der Waals surface area contributed by atoms with Crippen LogP contribution in [0.1, 0.15) is 108 Å². The van der Waals surface area contributed by atoms with Crippen molar-refractivity contribution >= 4 is 22.6 Å². The summed E-state index contributed by atoms with van der Waals surface area (Å²) in [7, 11) is 0. The van der Waals surface area contributed by atoms with Gasteiger partial charge >= 0.3 is 0 Å². The molecule has 0 fully saturated rings. The van der Waals surface area contributed by atoms with Crippen LogP contribution in [0.4, 0.5) is 4.39 Å². The summed E-state index contributed by atoms with van der Waals surface area (Å²) in [6, 6.07) is 13.4. The highest BCUT2D eigenvalue weighted by atomic mass is 79.9. The van der Waals surface area contributed by atoms with E-state index in [2.05, 4.69) is 47.2 Å². The van der Waals surface area contributed by atoms with E-state index in [0.29, 0.717) is 17.1 Å². The van der Waals surface area contributed by atoms with Gasteiger partial charge in [-0.05, 0) is 37.1 Å². The zero-order chi connectivity index (χ0) is 24.9. The normalized spacial score (nSPS) is 11.2. The molecule has 0 unspecified atom stereocenters. The minimum Gasteiger partial charge on any atom is -1.00 e. The van der Waals surface area contributed by atoms with Crippen molar-refractivity contribution in [2.75, 3.05) is 0 Å². The molecule has 0 saturated carbocycles. The zero-order valence-electron chi connectivity index (χ0n) is 22.4. The average molecular weight is 580 g/mol. The van der Waals surface area contributed by atoms with Crippen LogP contribution in [-0.2, 0) is 13.1 Å². The number of nitrogens with zero attached hydrogens (tertiary/aromatic N) is 2. The Hall–Kier alpha value is -1.39. The summed E-state index contributed by atoms with van der Waals surface area (Å²) >= 11 is 6.33. The van der Waals surface area contributed by atoms with Crippen LogP contribution in [0.25, 0.3) is 11.0 Å². The predicted octanol–water partition coefficient (Wildman–Crippen LogP) is 6.56. The third kappa shape index (κ3) is 9.17. The molecule has 36 heavy (non-hydrogen) atoms.